The predicted octanol–water partition coefficient (Wildman–Crippen LogP) is 4.33. The van der Waals surface area contributed by atoms with Crippen LogP contribution >= 0.6 is 11.8 Å². The molecule has 1 fully saturated rings. The number of piperidine rings is 1. The zero-order valence-electron chi connectivity index (χ0n) is 17.5. The molecule has 2 aromatic heterocycles. The van der Waals surface area contributed by atoms with E-state index >= 15 is 0 Å². The predicted molar refractivity (Wildman–Crippen MR) is 118 cm³/mol. The van der Waals surface area contributed by atoms with E-state index in [1.54, 1.807) is 17.0 Å². The number of hydrogen-bond donors (Lipinski definition) is 1. The molecule has 0 atom stereocenters. The second-order valence-electron chi connectivity index (χ2n) is 7.59. The number of rotatable bonds is 5. The molecule has 0 aliphatic carbocycles. The molecule has 31 heavy (non-hydrogen) atoms. The van der Waals surface area contributed by atoms with E-state index in [1.165, 1.54) is 18.0 Å². The van der Waals surface area contributed by atoms with Gasteiger partial charge in [0.25, 0.3) is 5.91 Å². The summed E-state index contributed by atoms with van der Waals surface area (Å²) in [7, 11) is 0. The van der Waals surface area contributed by atoms with Gasteiger partial charge in [-0.25, -0.2) is 9.97 Å². The Balaban J connectivity index is 1.29. The molecule has 3 aromatic rings. The Morgan fingerprint density at radius 2 is 1.74 bits per heavy atom. The normalized spacial score (nSPS) is 14.5. The van der Waals surface area contributed by atoms with E-state index in [4.69, 9.17) is 4.42 Å². The fourth-order valence-electron chi connectivity index (χ4n) is 3.60. The molecule has 0 bridgehead atoms. The van der Waals surface area contributed by atoms with Crippen LogP contribution in [0.2, 0.25) is 0 Å². The van der Waals surface area contributed by atoms with Crippen LogP contribution in [-0.2, 0) is 4.79 Å². The average molecular weight is 437 g/mol. The number of furan rings is 1. The average Bonchev–Trinajstić information content (AvgIpc) is 3.29. The van der Waals surface area contributed by atoms with Crippen molar-refractivity contribution in [3.63, 3.8) is 0 Å². The topological polar surface area (TPSA) is 88.3 Å². The maximum atomic E-state index is 12.7. The highest BCUT2D eigenvalue weighted by molar-refractivity contribution is 7.99. The van der Waals surface area contributed by atoms with Crippen molar-refractivity contribution in [3.05, 3.63) is 65.9 Å². The number of likely N-dealkylation sites (tertiary alicyclic amines) is 1. The lowest BCUT2D eigenvalue weighted by atomic mass is 9.95. The van der Waals surface area contributed by atoms with Crippen LogP contribution in [0.4, 0.5) is 5.69 Å². The molecule has 0 radical (unpaired) electrons. The summed E-state index contributed by atoms with van der Waals surface area (Å²) in [5, 5.41) is 3.70. The van der Waals surface area contributed by atoms with E-state index in [-0.39, 0.29) is 17.7 Å². The molecule has 1 saturated heterocycles. The summed E-state index contributed by atoms with van der Waals surface area (Å²) in [6, 6.07) is 13.0. The minimum Gasteiger partial charge on any atom is -0.459 e. The first-order chi connectivity index (χ1) is 15.0. The Morgan fingerprint density at radius 3 is 2.35 bits per heavy atom. The second-order valence-corrected chi connectivity index (χ2v) is 8.63. The number of nitrogens with one attached hydrogen (secondary N) is 1. The van der Waals surface area contributed by atoms with Crippen LogP contribution in [-0.4, -0.2) is 39.8 Å². The van der Waals surface area contributed by atoms with E-state index in [0.29, 0.717) is 36.8 Å². The summed E-state index contributed by atoms with van der Waals surface area (Å²) in [5.74, 6) is 0.0957. The number of aryl methyl sites for hydroxylation is 2. The van der Waals surface area contributed by atoms with Gasteiger partial charge >= 0.3 is 0 Å². The molecule has 1 aromatic carbocycles. The molecule has 160 valence electrons. The summed E-state index contributed by atoms with van der Waals surface area (Å²) in [5.41, 5.74) is 2.64. The van der Waals surface area contributed by atoms with E-state index in [9.17, 15) is 9.59 Å². The Kier molecular flexibility index (Phi) is 6.36. The summed E-state index contributed by atoms with van der Waals surface area (Å²) < 4.78 is 5.18. The van der Waals surface area contributed by atoms with Crippen LogP contribution in [0.1, 0.15) is 34.8 Å². The Hall–Kier alpha value is -3.13. The third-order valence-corrected chi connectivity index (χ3v) is 6.05. The first-order valence-corrected chi connectivity index (χ1v) is 11.0. The van der Waals surface area contributed by atoms with E-state index in [0.717, 1.165) is 22.0 Å². The van der Waals surface area contributed by atoms with Gasteiger partial charge in [0.1, 0.15) is 0 Å². The van der Waals surface area contributed by atoms with E-state index in [1.807, 2.05) is 44.2 Å². The fraction of sp³-hybridized carbons (Fsp3) is 0.304. The SMILES string of the molecule is Cc1cc(C)nc(Sc2ccc(NC(=O)C3CCN(C(=O)c4ccco4)CC3)cc2)n1. The minimum atomic E-state index is -0.121. The second kappa shape index (κ2) is 9.34. The minimum absolute atomic E-state index is 0.0110. The van der Waals surface area contributed by atoms with Crippen molar-refractivity contribution in [2.24, 2.45) is 5.92 Å². The largest absolute Gasteiger partial charge is 0.459 e. The lowest BCUT2D eigenvalue weighted by Crippen LogP contribution is -2.41. The first kappa shape index (κ1) is 21.1. The molecule has 4 rings (SSSR count). The van der Waals surface area contributed by atoms with Crippen LogP contribution in [0.25, 0.3) is 0 Å². The number of amides is 2. The van der Waals surface area contributed by atoms with Gasteiger partial charge in [-0.3, -0.25) is 9.59 Å². The van der Waals surface area contributed by atoms with Gasteiger partial charge in [0.2, 0.25) is 5.91 Å². The highest BCUT2D eigenvalue weighted by Gasteiger charge is 2.28. The molecule has 3 heterocycles. The number of nitrogens with zero attached hydrogens (tertiary/aromatic N) is 3. The molecule has 8 heteroatoms. The number of anilines is 1. The standard InChI is InChI=1S/C23H24N4O3S/c1-15-14-16(2)25-23(24-15)31-19-7-5-18(6-8-19)26-21(28)17-9-11-27(12-10-17)22(29)20-4-3-13-30-20/h3-8,13-14,17H,9-12H2,1-2H3,(H,26,28). The zero-order valence-corrected chi connectivity index (χ0v) is 18.3. The van der Waals surface area contributed by atoms with Crippen molar-refractivity contribution < 1.29 is 14.0 Å². The zero-order chi connectivity index (χ0) is 21.8. The molecule has 0 spiro atoms. The van der Waals surface area contributed by atoms with Crippen molar-refractivity contribution in [1.29, 1.82) is 0 Å². The lowest BCUT2D eigenvalue weighted by molar-refractivity contribution is -0.121. The van der Waals surface area contributed by atoms with Gasteiger partial charge in [-0.1, -0.05) is 0 Å². The van der Waals surface area contributed by atoms with Crippen molar-refractivity contribution in [2.45, 2.75) is 36.7 Å². The van der Waals surface area contributed by atoms with E-state index < -0.39 is 0 Å². The molecule has 7 nitrogen and oxygen atoms in total. The van der Waals surface area contributed by atoms with Gasteiger partial charge in [-0.2, -0.15) is 0 Å². The molecule has 0 unspecified atom stereocenters. The van der Waals surface area contributed by atoms with Gasteiger partial charge in [0.05, 0.1) is 6.26 Å². The van der Waals surface area contributed by atoms with Crippen molar-refractivity contribution >= 4 is 29.3 Å². The monoisotopic (exact) mass is 436 g/mol. The number of carbonyl (C=O) groups is 2. The van der Waals surface area contributed by atoms with Gasteiger partial charge in [0.15, 0.2) is 10.9 Å². The third-order valence-electron chi connectivity index (χ3n) is 5.18. The molecule has 1 N–H and O–H groups in total. The summed E-state index contributed by atoms with van der Waals surface area (Å²) in [4.78, 5) is 36.7. The molecule has 0 saturated carbocycles. The fourth-order valence-corrected chi connectivity index (χ4v) is 4.46. The smallest absolute Gasteiger partial charge is 0.289 e. The van der Waals surface area contributed by atoms with Gasteiger partial charge < -0.3 is 14.6 Å². The molecule has 2 amide bonds. The number of benzene rings is 1. The number of aromatic nitrogens is 2. The highest BCUT2D eigenvalue weighted by Crippen LogP contribution is 2.27. The third kappa shape index (κ3) is 5.32. The highest BCUT2D eigenvalue weighted by atomic mass is 32.2. The maximum Gasteiger partial charge on any atom is 0.289 e. The summed E-state index contributed by atoms with van der Waals surface area (Å²) in [6.07, 6.45) is 2.76. The van der Waals surface area contributed by atoms with Crippen molar-refractivity contribution in [2.75, 3.05) is 18.4 Å². The van der Waals surface area contributed by atoms with Gasteiger partial charge in [-0.05, 0) is 80.9 Å². The maximum absolute atomic E-state index is 12.7. The van der Waals surface area contributed by atoms with Crippen molar-refractivity contribution in [3.8, 4) is 0 Å². The summed E-state index contributed by atoms with van der Waals surface area (Å²) >= 11 is 1.49. The van der Waals surface area contributed by atoms with Crippen LogP contribution in [0.5, 0.6) is 0 Å². The van der Waals surface area contributed by atoms with Crippen LogP contribution in [0.3, 0.4) is 0 Å². The Bertz CT molecular complexity index is 1040. The van der Waals surface area contributed by atoms with Crippen LogP contribution in [0.15, 0.2) is 63.2 Å². The quantitative estimate of drug-likeness (QED) is 0.599. The van der Waals surface area contributed by atoms with Gasteiger partial charge in [0, 0.05) is 41.0 Å². The van der Waals surface area contributed by atoms with E-state index in [2.05, 4.69) is 15.3 Å². The van der Waals surface area contributed by atoms with Crippen LogP contribution < -0.4 is 5.32 Å². The number of carbonyl (C=O) groups excluding carboxylic acids is 2. The molecule has 1 aliphatic heterocycles. The first-order valence-electron chi connectivity index (χ1n) is 10.2. The van der Waals surface area contributed by atoms with Crippen LogP contribution in [0, 0.1) is 19.8 Å². The molecule has 1 aliphatic rings. The molecular weight excluding hydrogens is 412 g/mol. The Labute approximate surface area is 185 Å². The van der Waals surface area contributed by atoms with Gasteiger partial charge in [-0.15, -0.1) is 0 Å². The van der Waals surface area contributed by atoms with Crippen molar-refractivity contribution in [1.82, 2.24) is 14.9 Å². The summed E-state index contributed by atoms with van der Waals surface area (Å²) in [6.45, 7) is 5.00. The lowest BCUT2D eigenvalue weighted by Gasteiger charge is -2.30. The number of hydrogen-bond acceptors (Lipinski definition) is 6. The Morgan fingerprint density at radius 1 is 1.06 bits per heavy atom. The molecular formula is C23H24N4O3S.